The number of nitro groups is 1. The maximum Gasteiger partial charge on any atom is 0.271 e. The van der Waals surface area contributed by atoms with Gasteiger partial charge in [0.25, 0.3) is 5.69 Å². The Morgan fingerprint density at radius 3 is 2.48 bits per heavy atom. The summed E-state index contributed by atoms with van der Waals surface area (Å²) in [6.45, 7) is 0.849. The summed E-state index contributed by atoms with van der Waals surface area (Å²) >= 11 is 3.49. The van der Waals surface area contributed by atoms with Crippen molar-refractivity contribution in [2.24, 2.45) is 0 Å². The number of rotatable bonds is 7. The van der Waals surface area contributed by atoms with E-state index in [0.717, 1.165) is 15.6 Å². The van der Waals surface area contributed by atoms with Crippen LogP contribution < -0.4 is 10.1 Å². The Hall–Kier alpha value is -2.93. The van der Waals surface area contributed by atoms with Gasteiger partial charge in [-0.25, -0.2) is 4.39 Å². The Labute approximate surface area is 164 Å². The summed E-state index contributed by atoms with van der Waals surface area (Å²) < 4.78 is 19.5. The average molecular weight is 431 g/mol. The first-order valence-corrected chi connectivity index (χ1v) is 8.94. The van der Waals surface area contributed by atoms with Gasteiger partial charge in [-0.15, -0.1) is 0 Å². The molecule has 0 aliphatic heterocycles. The standard InChI is InChI=1S/C20H16BrFN2O3/c21-19-10-15(12-23-17-2-1-3-18(11-17)24(25)26)6-9-20(19)27-13-14-4-7-16(22)8-5-14/h1-11,23H,12-13H2. The third-order valence-electron chi connectivity index (χ3n) is 3.86. The van der Waals surface area contributed by atoms with E-state index in [-0.39, 0.29) is 11.5 Å². The molecular weight excluding hydrogens is 415 g/mol. The zero-order valence-corrected chi connectivity index (χ0v) is 15.8. The summed E-state index contributed by atoms with van der Waals surface area (Å²) in [5.41, 5.74) is 2.59. The quantitative estimate of drug-likeness (QED) is 0.386. The van der Waals surface area contributed by atoms with Crippen LogP contribution in [0.4, 0.5) is 15.8 Å². The second-order valence-electron chi connectivity index (χ2n) is 5.84. The Kier molecular flexibility index (Phi) is 6.03. The lowest BCUT2D eigenvalue weighted by Gasteiger charge is -2.11. The first-order chi connectivity index (χ1) is 13.0. The predicted octanol–water partition coefficient (Wildman–Crippen LogP) is 5.69. The molecule has 3 rings (SSSR count). The maximum absolute atomic E-state index is 12.9. The smallest absolute Gasteiger partial charge is 0.271 e. The first-order valence-electron chi connectivity index (χ1n) is 8.15. The maximum atomic E-state index is 12.9. The van der Waals surface area contributed by atoms with Gasteiger partial charge in [0.15, 0.2) is 0 Å². The summed E-state index contributed by atoms with van der Waals surface area (Å²) in [7, 11) is 0. The highest BCUT2D eigenvalue weighted by Gasteiger charge is 2.07. The van der Waals surface area contributed by atoms with Gasteiger partial charge in [0.1, 0.15) is 18.2 Å². The fourth-order valence-corrected chi connectivity index (χ4v) is 2.99. The van der Waals surface area contributed by atoms with Crippen LogP contribution in [0.2, 0.25) is 0 Å². The van der Waals surface area contributed by atoms with Crippen molar-refractivity contribution in [1.29, 1.82) is 0 Å². The number of nitrogens with zero attached hydrogens (tertiary/aromatic N) is 1. The molecule has 0 saturated heterocycles. The van der Waals surface area contributed by atoms with Gasteiger partial charge in [0.05, 0.1) is 9.40 Å². The fourth-order valence-electron chi connectivity index (χ4n) is 2.45. The molecule has 3 aromatic carbocycles. The summed E-state index contributed by atoms with van der Waals surface area (Å²) in [6, 6.07) is 18.2. The summed E-state index contributed by atoms with van der Waals surface area (Å²) in [5, 5.41) is 14.0. The van der Waals surface area contributed by atoms with Crippen LogP contribution >= 0.6 is 15.9 Å². The van der Waals surface area contributed by atoms with E-state index in [1.54, 1.807) is 24.3 Å². The van der Waals surface area contributed by atoms with Crippen LogP contribution in [0.15, 0.2) is 71.2 Å². The molecule has 27 heavy (non-hydrogen) atoms. The Morgan fingerprint density at radius 2 is 1.78 bits per heavy atom. The van der Waals surface area contributed by atoms with Crippen molar-refractivity contribution in [2.45, 2.75) is 13.2 Å². The molecule has 0 aromatic heterocycles. The molecule has 0 aliphatic carbocycles. The minimum atomic E-state index is -0.422. The number of benzene rings is 3. The van der Waals surface area contributed by atoms with Gasteiger partial charge in [-0.05, 0) is 57.4 Å². The lowest BCUT2D eigenvalue weighted by atomic mass is 10.2. The molecule has 0 radical (unpaired) electrons. The van der Waals surface area contributed by atoms with Crippen molar-refractivity contribution in [3.63, 3.8) is 0 Å². The lowest BCUT2D eigenvalue weighted by Crippen LogP contribution is -2.01. The van der Waals surface area contributed by atoms with Crippen molar-refractivity contribution < 1.29 is 14.1 Å². The predicted molar refractivity (Wildman–Crippen MR) is 105 cm³/mol. The van der Waals surface area contributed by atoms with Gasteiger partial charge in [-0.3, -0.25) is 10.1 Å². The number of nitro benzene ring substituents is 1. The van der Waals surface area contributed by atoms with Crippen LogP contribution in [0.25, 0.3) is 0 Å². The molecular formula is C20H16BrFN2O3. The normalized spacial score (nSPS) is 10.4. The zero-order valence-electron chi connectivity index (χ0n) is 14.2. The van der Waals surface area contributed by atoms with E-state index >= 15 is 0 Å². The molecule has 3 aromatic rings. The van der Waals surface area contributed by atoms with Crippen molar-refractivity contribution in [3.8, 4) is 5.75 Å². The van der Waals surface area contributed by atoms with E-state index in [4.69, 9.17) is 4.74 Å². The van der Waals surface area contributed by atoms with Crippen molar-refractivity contribution in [3.05, 3.63) is 98.3 Å². The van der Waals surface area contributed by atoms with Crippen molar-refractivity contribution in [2.75, 3.05) is 5.32 Å². The highest BCUT2D eigenvalue weighted by Crippen LogP contribution is 2.27. The molecule has 5 nitrogen and oxygen atoms in total. The van der Waals surface area contributed by atoms with E-state index in [9.17, 15) is 14.5 Å². The fraction of sp³-hybridized carbons (Fsp3) is 0.100. The first kappa shape index (κ1) is 18.8. The van der Waals surface area contributed by atoms with Crippen molar-refractivity contribution >= 4 is 27.3 Å². The number of hydrogen-bond acceptors (Lipinski definition) is 4. The molecule has 0 unspecified atom stereocenters. The molecule has 0 heterocycles. The van der Waals surface area contributed by atoms with E-state index in [0.29, 0.717) is 24.6 Å². The van der Waals surface area contributed by atoms with Gasteiger partial charge < -0.3 is 10.1 Å². The number of halogens is 2. The van der Waals surface area contributed by atoms with Gasteiger partial charge in [-0.1, -0.05) is 24.3 Å². The summed E-state index contributed by atoms with van der Waals surface area (Å²) in [6.07, 6.45) is 0. The largest absolute Gasteiger partial charge is 0.488 e. The number of non-ortho nitro benzene ring substituents is 1. The van der Waals surface area contributed by atoms with Crippen molar-refractivity contribution in [1.82, 2.24) is 0 Å². The summed E-state index contributed by atoms with van der Waals surface area (Å²) in [5.74, 6) is 0.402. The highest BCUT2D eigenvalue weighted by molar-refractivity contribution is 9.10. The molecule has 1 N–H and O–H groups in total. The Bertz CT molecular complexity index is 948. The molecule has 0 aliphatic rings. The van der Waals surface area contributed by atoms with Crippen LogP contribution in [-0.2, 0) is 13.2 Å². The molecule has 0 saturated carbocycles. The van der Waals surface area contributed by atoms with Crippen LogP contribution in [0, 0.1) is 15.9 Å². The number of hydrogen-bond donors (Lipinski definition) is 1. The Morgan fingerprint density at radius 1 is 1.04 bits per heavy atom. The number of nitrogens with one attached hydrogen (secondary N) is 1. The number of anilines is 1. The van der Waals surface area contributed by atoms with E-state index in [2.05, 4.69) is 21.2 Å². The van der Waals surface area contributed by atoms with Gasteiger partial charge in [-0.2, -0.15) is 0 Å². The molecule has 0 amide bonds. The third kappa shape index (κ3) is 5.27. The minimum absolute atomic E-state index is 0.0470. The van der Waals surface area contributed by atoms with E-state index in [1.165, 1.54) is 24.3 Å². The lowest BCUT2D eigenvalue weighted by molar-refractivity contribution is -0.384. The summed E-state index contributed by atoms with van der Waals surface area (Å²) in [4.78, 5) is 10.4. The second kappa shape index (κ2) is 8.64. The van der Waals surface area contributed by atoms with E-state index < -0.39 is 4.92 Å². The second-order valence-corrected chi connectivity index (χ2v) is 6.70. The van der Waals surface area contributed by atoms with Gasteiger partial charge >= 0.3 is 0 Å². The van der Waals surface area contributed by atoms with Crippen LogP contribution in [0.5, 0.6) is 5.75 Å². The number of ether oxygens (including phenoxy) is 1. The van der Waals surface area contributed by atoms with Crippen LogP contribution in [-0.4, -0.2) is 4.92 Å². The average Bonchev–Trinajstić information content (AvgIpc) is 2.67. The molecule has 138 valence electrons. The minimum Gasteiger partial charge on any atom is -0.488 e. The SMILES string of the molecule is O=[N+]([O-])c1cccc(NCc2ccc(OCc3ccc(F)cc3)c(Br)c2)c1. The van der Waals surface area contributed by atoms with E-state index in [1.807, 2.05) is 18.2 Å². The van der Waals surface area contributed by atoms with Crippen LogP contribution in [0.3, 0.4) is 0 Å². The molecule has 7 heteroatoms. The molecule has 0 atom stereocenters. The third-order valence-corrected chi connectivity index (χ3v) is 4.48. The van der Waals surface area contributed by atoms with Gasteiger partial charge in [0, 0.05) is 24.4 Å². The monoisotopic (exact) mass is 430 g/mol. The molecule has 0 fully saturated rings. The molecule has 0 spiro atoms. The molecule has 0 bridgehead atoms. The highest BCUT2D eigenvalue weighted by atomic mass is 79.9. The van der Waals surface area contributed by atoms with Gasteiger partial charge in [0.2, 0.25) is 0 Å². The van der Waals surface area contributed by atoms with Crippen LogP contribution in [0.1, 0.15) is 11.1 Å². The zero-order chi connectivity index (χ0) is 19.2. The topological polar surface area (TPSA) is 64.4 Å². The Balaban J connectivity index is 1.60.